The average molecular weight is 345 g/mol. The Bertz CT molecular complexity index is 715. The van der Waals surface area contributed by atoms with Crippen molar-refractivity contribution in [1.29, 1.82) is 0 Å². The molecular weight excluding hydrogens is 320 g/mol. The third-order valence-corrected chi connectivity index (χ3v) is 4.70. The van der Waals surface area contributed by atoms with E-state index in [4.69, 9.17) is 5.73 Å². The van der Waals surface area contributed by atoms with Gasteiger partial charge in [0.15, 0.2) is 0 Å². The molecule has 0 saturated heterocycles. The number of halogens is 1. The Balaban J connectivity index is 0.00000208. The fraction of sp³-hybridized carbons (Fsp3) is 0.350. The number of carbonyl (C=O) groups is 1. The van der Waals surface area contributed by atoms with E-state index in [1.54, 1.807) is 0 Å². The molecule has 3 N–H and O–H groups in total. The Labute approximate surface area is 150 Å². The van der Waals surface area contributed by atoms with Gasteiger partial charge in [0.05, 0.1) is 6.04 Å². The van der Waals surface area contributed by atoms with Crippen LogP contribution in [0, 0.1) is 6.92 Å². The van der Waals surface area contributed by atoms with Crippen molar-refractivity contribution in [2.75, 3.05) is 5.73 Å². The largest absolute Gasteiger partial charge is 0.399 e. The number of aryl methyl sites for hydroxylation is 3. The molecule has 128 valence electrons. The van der Waals surface area contributed by atoms with Gasteiger partial charge in [0.1, 0.15) is 0 Å². The molecule has 0 bridgehead atoms. The van der Waals surface area contributed by atoms with Gasteiger partial charge in [-0.3, -0.25) is 4.79 Å². The number of rotatable bonds is 4. The summed E-state index contributed by atoms with van der Waals surface area (Å²) in [5.41, 5.74) is 11.7. The molecule has 3 nitrogen and oxygen atoms in total. The molecule has 0 aromatic heterocycles. The molecule has 24 heavy (non-hydrogen) atoms. The predicted octanol–water partition coefficient (Wildman–Crippen LogP) is 4.13. The summed E-state index contributed by atoms with van der Waals surface area (Å²) in [6.07, 6.45) is 4.48. The first-order valence-electron chi connectivity index (χ1n) is 8.35. The van der Waals surface area contributed by atoms with Crippen LogP contribution in [0.15, 0.2) is 42.5 Å². The van der Waals surface area contributed by atoms with Crippen molar-refractivity contribution in [3.8, 4) is 0 Å². The highest BCUT2D eigenvalue weighted by molar-refractivity contribution is 5.85. The summed E-state index contributed by atoms with van der Waals surface area (Å²) in [5, 5.41) is 3.20. The van der Waals surface area contributed by atoms with Crippen LogP contribution in [-0.2, 0) is 17.6 Å². The summed E-state index contributed by atoms with van der Waals surface area (Å²) >= 11 is 0. The summed E-state index contributed by atoms with van der Waals surface area (Å²) < 4.78 is 0. The van der Waals surface area contributed by atoms with E-state index in [-0.39, 0.29) is 24.4 Å². The molecule has 0 heterocycles. The highest BCUT2D eigenvalue weighted by Gasteiger charge is 2.21. The number of carbonyl (C=O) groups excluding carboxylic acids is 1. The maximum absolute atomic E-state index is 12.3. The summed E-state index contributed by atoms with van der Waals surface area (Å²) in [6, 6.07) is 14.4. The van der Waals surface area contributed by atoms with Crippen LogP contribution in [0.1, 0.15) is 47.6 Å². The molecule has 4 heteroatoms. The lowest BCUT2D eigenvalue weighted by atomic mass is 9.87. The smallest absolute Gasteiger partial charge is 0.220 e. The van der Waals surface area contributed by atoms with E-state index in [1.165, 1.54) is 22.3 Å². The van der Waals surface area contributed by atoms with Gasteiger partial charge in [-0.05, 0) is 67.0 Å². The second kappa shape index (κ2) is 8.20. The van der Waals surface area contributed by atoms with E-state index in [2.05, 4.69) is 30.4 Å². The van der Waals surface area contributed by atoms with E-state index in [0.29, 0.717) is 6.42 Å². The zero-order valence-corrected chi connectivity index (χ0v) is 14.9. The molecule has 1 aliphatic rings. The zero-order valence-electron chi connectivity index (χ0n) is 14.0. The first-order valence-corrected chi connectivity index (χ1v) is 8.35. The van der Waals surface area contributed by atoms with E-state index < -0.39 is 0 Å². The lowest BCUT2D eigenvalue weighted by Gasteiger charge is -2.26. The minimum atomic E-state index is 0. The van der Waals surface area contributed by atoms with Crippen molar-refractivity contribution in [1.82, 2.24) is 5.32 Å². The number of hydrogen-bond donors (Lipinski definition) is 2. The van der Waals surface area contributed by atoms with Crippen LogP contribution in [0.25, 0.3) is 0 Å². The van der Waals surface area contributed by atoms with E-state index >= 15 is 0 Å². The summed E-state index contributed by atoms with van der Waals surface area (Å²) in [6.45, 7) is 2.09. The van der Waals surface area contributed by atoms with Crippen molar-refractivity contribution in [2.24, 2.45) is 0 Å². The predicted molar refractivity (Wildman–Crippen MR) is 101 cm³/mol. The fourth-order valence-corrected chi connectivity index (χ4v) is 3.39. The van der Waals surface area contributed by atoms with Crippen LogP contribution < -0.4 is 11.1 Å². The SMILES string of the molecule is Cc1ccccc1CCC(=O)NC1CCCc2cc(N)ccc21.Cl. The van der Waals surface area contributed by atoms with Gasteiger partial charge in [-0.2, -0.15) is 0 Å². The number of nitrogen functional groups attached to an aromatic ring is 1. The van der Waals surface area contributed by atoms with Gasteiger partial charge in [-0.25, -0.2) is 0 Å². The van der Waals surface area contributed by atoms with Gasteiger partial charge in [-0.1, -0.05) is 30.3 Å². The quantitative estimate of drug-likeness (QED) is 0.819. The first-order chi connectivity index (χ1) is 11.1. The normalized spacial score (nSPS) is 16.0. The van der Waals surface area contributed by atoms with Crippen LogP contribution in [-0.4, -0.2) is 5.91 Å². The Hall–Kier alpha value is -2.00. The molecule has 1 unspecified atom stereocenters. The Kier molecular flexibility index (Phi) is 6.27. The van der Waals surface area contributed by atoms with Crippen molar-refractivity contribution >= 4 is 24.0 Å². The van der Waals surface area contributed by atoms with Gasteiger partial charge < -0.3 is 11.1 Å². The van der Waals surface area contributed by atoms with Crippen LogP contribution >= 0.6 is 12.4 Å². The summed E-state index contributed by atoms with van der Waals surface area (Å²) in [5.74, 6) is 0.128. The molecule has 2 aromatic rings. The van der Waals surface area contributed by atoms with Gasteiger partial charge in [0.2, 0.25) is 5.91 Å². The molecular formula is C20H25ClN2O. The number of anilines is 1. The molecule has 0 radical (unpaired) electrons. The van der Waals surface area contributed by atoms with Crippen LogP contribution in [0.2, 0.25) is 0 Å². The lowest BCUT2D eigenvalue weighted by molar-refractivity contribution is -0.121. The molecule has 0 fully saturated rings. The van der Waals surface area contributed by atoms with Crippen LogP contribution in [0.4, 0.5) is 5.69 Å². The molecule has 1 aliphatic carbocycles. The van der Waals surface area contributed by atoms with Crippen molar-refractivity contribution in [3.63, 3.8) is 0 Å². The standard InChI is InChI=1S/C20H24N2O.ClH/c1-14-5-2-3-6-15(14)9-12-20(23)22-19-8-4-7-16-13-17(21)10-11-18(16)19;/h2-3,5-6,10-11,13,19H,4,7-9,12,21H2,1H3,(H,22,23);1H. The zero-order chi connectivity index (χ0) is 16.2. The maximum Gasteiger partial charge on any atom is 0.220 e. The number of nitrogens with one attached hydrogen (secondary N) is 1. The van der Waals surface area contributed by atoms with Gasteiger partial charge in [0.25, 0.3) is 0 Å². The van der Waals surface area contributed by atoms with E-state index in [1.807, 2.05) is 24.3 Å². The van der Waals surface area contributed by atoms with E-state index in [9.17, 15) is 4.79 Å². The Morgan fingerprint density at radius 3 is 2.83 bits per heavy atom. The second-order valence-corrected chi connectivity index (χ2v) is 6.40. The number of hydrogen-bond acceptors (Lipinski definition) is 2. The number of fused-ring (bicyclic) bond motifs is 1. The molecule has 1 amide bonds. The monoisotopic (exact) mass is 344 g/mol. The van der Waals surface area contributed by atoms with E-state index in [0.717, 1.165) is 31.4 Å². The Morgan fingerprint density at radius 1 is 1.25 bits per heavy atom. The van der Waals surface area contributed by atoms with Gasteiger partial charge in [0, 0.05) is 12.1 Å². The van der Waals surface area contributed by atoms with Crippen LogP contribution in [0.5, 0.6) is 0 Å². The topological polar surface area (TPSA) is 55.1 Å². The van der Waals surface area contributed by atoms with Gasteiger partial charge in [-0.15, -0.1) is 12.4 Å². The molecule has 3 rings (SSSR count). The summed E-state index contributed by atoms with van der Waals surface area (Å²) in [4.78, 5) is 12.3. The Morgan fingerprint density at radius 2 is 2.04 bits per heavy atom. The van der Waals surface area contributed by atoms with Crippen molar-refractivity contribution in [2.45, 2.75) is 45.1 Å². The maximum atomic E-state index is 12.3. The minimum absolute atomic E-state index is 0. The third kappa shape index (κ3) is 4.30. The number of amides is 1. The highest BCUT2D eigenvalue weighted by Crippen LogP contribution is 2.31. The van der Waals surface area contributed by atoms with Crippen LogP contribution in [0.3, 0.4) is 0 Å². The van der Waals surface area contributed by atoms with Crippen molar-refractivity contribution < 1.29 is 4.79 Å². The molecule has 0 aliphatic heterocycles. The molecule has 0 saturated carbocycles. The molecule has 1 atom stereocenters. The molecule has 2 aromatic carbocycles. The molecule has 0 spiro atoms. The van der Waals surface area contributed by atoms with Gasteiger partial charge >= 0.3 is 0 Å². The summed E-state index contributed by atoms with van der Waals surface area (Å²) in [7, 11) is 0. The van der Waals surface area contributed by atoms with Crippen molar-refractivity contribution in [3.05, 3.63) is 64.7 Å². The second-order valence-electron chi connectivity index (χ2n) is 6.40. The lowest BCUT2D eigenvalue weighted by Crippen LogP contribution is -2.31. The highest BCUT2D eigenvalue weighted by atomic mass is 35.5. The minimum Gasteiger partial charge on any atom is -0.399 e. The fourth-order valence-electron chi connectivity index (χ4n) is 3.39. The number of nitrogens with two attached hydrogens (primary N) is 1. The third-order valence-electron chi connectivity index (χ3n) is 4.70. The number of benzene rings is 2. The first kappa shape index (κ1) is 18.3. The average Bonchev–Trinajstić information content (AvgIpc) is 2.54.